The van der Waals surface area contributed by atoms with E-state index < -0.39 is 0 Å². The minimum Gasteiger partial charge on any atom is -0.347 e. The molecule has 116 valence electrons. The first kappa shape index (κ1) is 15.0. The van der Waals surface area contributed by atoms with E-state index in [-0.39, 0.29) is 5.91 Å². The van der Waals surface area contributed by atoms with Crippen LogP contribution < -0.4 is 5.32 Å². The third-order valence-corrected chi connectivity index (χ3v) is 3.78. The standard InChI is InChI=1S/C19H19N3O/c1-2-14-8-10-16(11-9-14)17-12-18(22-21-17)19(23)20-13-15-6-4-3-5-7-15/h3-12H,2,13H2,1H3,(H,20,23)(H,21,22). The molecule has 3 aromatic rings. The summed E-state index contributed by atoms with van der Waals surface area (Å²) in [5, 5.41) is 9.93. The lowest BCUT2D eigenvalue weighted by atomic mass is 10.1. The van der Waals surface area contributed by atoms with Crippen LogP contribution in [0.1, 0.15) is 28.5 Å². The Morgan fingerprint density at radius 2 is 1.78 bits per heavy atom. The number of aromatic nitrogens is 2. The first-order chi connectivity index (χ1) is 11.3. The molecule has 1 amide bonds. The van der Waals surface area contributed by atoms with Crippen LogP contribution in [0.15, 0.2) is 60.7 Å². The minimum atomic E-state index is -0.155. The summed E-state index contributed by atoms with van der Waals surface area (Å²) < 4.78 is 0. The van der Waals surface area contributed by atoms with Crippen LogP contribution in [-0.4, -0.2) is 16.1 Å². The highest BCUT2D eigenvalue weighted by atomic mass is 16.1. The normalized spacial score (nSPS) is 10.5. The number of aryl methyl sites for hydroxylation is 1. The van der Waals surface area contributed by atoms with Gasteiger partial charge in [0.1, 0.15) is 5.69 Å². The van der Waals surface area contributed by atoms with Gasteiger partial charge < -0.3 is 5.32 Å². The average molecular weight is 305 g/mol. The van der Waals surface area contributed by atoms with Gasteiger partial charge in [-0.15, -0.1) is 0 Å². The van der Waals surface area contributed by atoms with Crippen LogP contribution >= 0.6 is 0 Å². The smallest absolute Gasteiger partial charge is 0.269 e. The molecule has 0 aliphatic rings. The van der Waals surface area contributed by atoms with Gasteiger partial charge in [-0.25, -0.2) is 0 Å². The lowest BCUT2D eigenvalue weighted by Gasteiger charge is -2.03. The maximum absolute atomic E-state index is 12.2. The van der Waals surface area contributed by atoms with Crippen molar-refractivity contribution in [3.8, 4) is 11.3 Å². The van der Waals surface area contributed by atoms with Crippen LogP contribution in [0.3, 0.4) is 0 Å². The van der Waals surface area contributed by atoms with Crippen LogP contribution in [0.5, 0.6) is 0 Å². The molecule has 0 saturated carbocycles. The molecule has 0 radical (unpaired) electrons. The van der Waals surface area contributed by atoms with E-state index in [0.29, 0.717) is 12.2 Å². The van der Waals surface area contributed by atoms with Crippen molar-refractivity contribution in [2.75, 3.05) is 0 Å². The number of H-pyrrole nitrogens is 1. The lowest BCUT2D eigenvalue weighted by molar-refractivity contribution is 0.0946. The summed E-state index contributed by atoms with van der Waals surface area (Å²) in [4.78, 5) is 12.2. The van der Waals surface area contributed by atoms with Crippen molar-refractivity contribution in [1.29, 1.82) is 0 Å². The van der Waals surface area contributed by atoms with E-state index in [0.717, 1.165) is 23.2 Å². The number of hydrogen-bond donors (Lipinski definition) is 2. The first-order valence-electron chi connectivity index (χ1n) is 7.73. The topological polar surface area (TPSA) is 57.8 Å². The van der Waals surface area contributed by atoms with Crippen LogP contribution in [0, 0.1) is 0 Å². The molecular weight excluding hydrogens is 286 g/mol. The SMILES string of the molecule is CCc1ccc(-c2cc(C(=O)NCc3ccccc3)[nH]n2)cc1. The van der Waals surface area contributed by atoms with Gasteiger partial charge in [-0.2, -0.15) is 5.10 Å². The second-order valence-electron chi connectivity index (χ2n) is 5.39. The lowest BCUT2D eigenvalue weighted by Crippen LogP contribution is -2.23. The van der Waals surface area contributed by atoms with Crippen LogP contribution in [-0.2, 0) is 13.0 Å². The fourth-order valence-electron chi connectivity index (χ4n) is 2.37. The number of rotatable bonds is 5. The molecule has 1 aromatic heterocycles. The van der Waals surface area contributed by atoms with E-state index in [9.17, 15) is 4.79 Å². The van der Waals surface area contributed by atoms with Crippen molar-refractivity contribution in [1.82, 2.24) is 15.5 Å². The third kappa shape index (κ3) is 3.66. The molecule has 3 rings (SSSR count). The molecule has 23 heavy (non-hydrogen) atoms. The van der Waals surface area contributed by atoms with E-state index in [2.05, 4.69) is 34.6 Å². The second-order valence-corrected chi connectivity index (χ2v) is 5.39. The van der Waals surface area contributed by atoms with Gasteiger partial charge in [0, 0.05) is 12.1 Å². The molecular formula is C19H19N3O. The van der Waals surface area contributed by atoms with E-state index >= 15 is 0 Å². The molecule has 0 aliphatic carbocycles. The molecule has 0 saturated heterocycles. The monoisotopic (exact) mass is 305 g/mol. The summed E-state index contributed by atoms with van der Waals surface area (Å²) in [5.74, 6) is -0.155. The average Bonchev–Trinajstić information content (AvgIpc) is 3.11. The van der Waals surface area contributed by atoms with Crippen molar-refractivity contribution in [3.63, 3.8) is 0 Å². The summed E-state index contributed by atoms with van der Waals surface area (Å²) in [6, 6.07) is 19.8. The summed E-state index contributed by atoms with van der Waals surface area (Å²) in [6.07, 6.45) is 1.01. The number of carbonyl (C=O) groups excluding carboxylic acids is 1. The molecule has 0 bridgehead atoms. The number of nitrogens with one attached hydrogen (secondary N) is 2. The van der Waals surface area contributed by atoms with Gasteiger partial charge >= 0.3 is 0 Å². The van der Waals surface area contributed by atoms with Crippen molar-refractivity contribution < 1.29 is 4.79 Å². The van der Waals surface area contributed by atoms with Gasteiger partial charge in [0.2, 0.25) is 0 Å². The Balaban J connectivity index is 1.67. The molecule has 0 aliphatic heterocycles. The minimum absolute atomic E-state index is 0.155. The van der Waals surface area contributed by atoms with E-state index in [4.69, 9.17) is 0 Å². The van der Waals surface area contributed by atoms with Crippen molar-refractivity contribution in [3.05, 3.63) is 77.5 Å². The zero-order valence-corrected chi connectivity index (χ0v) is 13.0. The van der Waals surface area contributed by atoms with Gasteiger partial charge in [-0.3, -0.25) is 9.89 Å². The molecule has 0 atom stereocenters. The Morgan fingerprint density at radius 1 is 1.04 bits per heavy atom. The van der Waals surface area contributed by atoms with Crippen molar-refractivity contribution in [2.24, 2.45) is 0 Å². The van der Waals surface area contributed by atoms with Gasteiger partial charge in [0.15, 0.2) is 0 Å². The molecule has 2 aromatic carbocycles. The molecule has 0 fully saturated rings. The zero-order valence-electron chi connectivity index (χ0n) is 13.0. The number of benzene rings is 2. The molecule has 1 heterocycles. The Bertz CT molecular complexity index is 776. The highest BCUT2D eigenvalue weighted by molar-refractivity contribution is 5.93. The maximum atomic E-state index is 12.2. The molecule has 4 nitrogen and oxygen atoms in total. The molecule has 0 spiro atoms. The summed E-state index contributed by atoms with van der Waals surface area (Å²) in [5.41, 5.74) is 4.59. The molecule has 4 heteroatoms. The Labute approximate surface area is 135 Å². The fraction of sp³-hybridized carbons (Fsp3) is 0.158. The predicted molar refractivity (Wildman–Crippen MR) is 91.0 cm³/mol. The van der Waals surface area contributed by atoms with Gasteiger partial charge in [0.05, 0.1) is 5.69 Å². The van der Waals surface area contributed by atoms with Crippen molar-refractivity contribution >= 4 is 5.91 Å². The summed E-state index contributed by atoms with van der Waals surface area (Å²) in [7, 11) is 0. The summed E-state index contributed by atoms with van der Waals surface area (Å²) >= 11 is 0. The molecule has 0 unspecified atom stereocenters. The third-order valence-electron chi connectivity index (χ3n) is 3.78. The van der Waals surface area contributed by atoms with Crippen molar-refractivity contribution in [2.45, 2.75) is 19.9 Å². The highest BCUT2D eigenvalue weighted by Crippen LogP contribution is 2.18. The highest BCUT2D eigenvalue weighted by Gasteiger charge is 2.10. The quantitative estimate of drug-likeness (QED) is 0.757. The van der Waals surface area contributed by atoms with Gasteiger partial charge in [0.25, 0.3) is 5.91 Å². The Morgan fingerprint density at radius 3 is 2.48 bits per heavy atom. The Hall–Kier alpha value is -2.88. The number of amides is 1. The van der Waals surface area contributed by atoms with E-state index in [1.54, 1.807) is 6.07 Å². The van der Waals surface area contributed by atoms with Crippen LogP contribution in [0.25, 0.3) is 11.3 Å². The molecule has 2 N–H and O–H groups in total. The van der Waals surface area contributed by atoms with Crippen LogP contribution in [0.2, 0.25) is 0 Å². The number of nitrogens with zero attached hydrogens (tertiary/aromatic N) is 1. The predicted octanol–water partition coefficient (Wildman–Crippen LogP) is 3.57. The largest absolute Gasteiger partial charge is 0.347 e. The first-order valence-corrected chi connectivity index (χ1v) is 7.73. The van der Waals surface area contributed by atoms with E-state index in [1.807, 2.05) is 42.5 Å². The second kappa shape index (κ2) is 6.92. The number of hydrogen-bond acceptors (Lipinski definition) is 2. The zero-order chi connectivity index (χ0) is 16.1. The summed E-state index contributed by atoms with van der Waals surface area (Å²) in [6.45, 7) is 2.62. The van der Waals surface area contributed by atoms with E-state index in [1.165, 1.54) is 5.56 Å². The fourth-order valence-corrected chi connectivity index (χ4v) is 2.37. The number of aromatic amines is 1. The number of carbonyl (C=O) groups is 1. The Kier molecular flexibility index (Phi) is 4.52. The maximum Gasteiger partial charge on any atom is 0.269 e. The van der Waals surface area contributed by atoms with Crippen LogP contribution in [0.4, 0.5) is 0 Å². The van der Waals surface area contributed by atoms with Gasteiger partial charge in [-0.05, 0) is 23.6 Å². The van der Waals surface area contributed by atoms with Gasteiger partial charge in [-0.1, -0.05) is 61.5 Å².